The first-order valence-electron chi connectivity index (χ1n) is 6.39. The molecule has 0 aliphatic carbocycles. The average Bonchev–Trinajstić information content (AvgIpc) is 2.81. The van der Waals surface area contributed by atoms with E-state index in [2.05, 4.69) is 47.7 Å². The number of aryl methyl sites for hydroxylation is 2. The topological polar surface area (TPSA) is 42.7 Å². The van der Waals surface area contributed by atoms with Crippen molar-refractivity contribution in [2.24, 2.45) is 0 Å². The molecule has 0 spiro atoms. The SMILES string of the molecule is CCCn1nncc1-c1cc(CNC)ccc1C. The lowest BCUT2D eigenvalue weighted by atomic mass is 10.0. The molecule has 0 bridgehead atoms. The number of nitrogens with zero attached hydrogens (tertiary/aromatic N) is 3. The van der Waals surface area contributed by atoms with Gasteiger partial charge in [-0.05, 0) is 37.6 Å². The Hall–Kier alpha value is -1.68. The summed E-state index contributed by atoms with van der Waals surface area (Å²) in [5.41, 5.74) is 4.87. The first-order chi connectivity index (χ1) is 8.76. The van der Waals surface area contributed by atoms with Gasteiger partial charge in [0.05, 0.1) is 11.9 Å². The van der Waals surface area contributed by atoms with Crippen molar-refractivity contribution in [3.63, 3.8) is 0 Å². The molecule has 0 aliphatic heterocycles. The fourth-order valence-electron chi connectivity index (χ4n) is 2.10. The van der Waals surface area contributed by atoms with Crippen LogP contribution < -0.4 is 5.32 Å². The van der Waals surface area contributed by atoms with Gasteiger partial charge in [-0.1, -0.05) is 24.3 Å². The molecule has 2 rings (SSSR count). The van der Waals surface area contributed by atoms with Crippen LogP contribution in [0.15, 0.2) is 24.4 Å². The van der Waals surface area contributed by atoms with Gasteiger partial charge in [0.25, 0.3) is 0 Å². The smallest absolute Gasteiger partial charge is 0.0888 e. The molecule has 18 heavy (non-hydrogen) atoms. The maximum Gasteiger partial charge on any atom is 0.0888 e. The number of benzene rings is 1. The standard InChI is InChI=1S/C14H20N4/c1-4-7-18-14(10-16-17-18)13-8-12(9-15-3)6-5-11(13)2/h5-6,8,10,15H,4,7,9H2,1-3H3. The minimum Gasteiger partial charge on any atom is -0.316 e. The van der Waals surface area contributed by atoms with Gasteiger partial charge >= 0.3 is 0 Å². The fraction of sp³-hybridized carbons (Fsp3) is 0.429. The summed E-state index contributed by atoms with van der Waals surface area (Å²) in [6, 6.07) is 6.53. The van der Waals surface area contributed by atoms with Gasteiger partial charge in [-0.15, -0.1) is 5.10 Å². The number of rotatable bonds is 5. The minimum absolute atomic E-state index is 0.878. The molecule has 1 aromatic carbocycles. The first kappa shape index (κ1) is 12.8. The predicted octanol–water partition coefficient (Wildman–Crippen LogP) is 2.38. The normalized spacial score (nSPS) is 10.8. The van der Waals surface area contributed by atoms with Crippen molar-refractivity contribution in [1.29, 1.82) is 0 Å². The van der Waals surface area contributed by atoms with Crippen LogP contribution in [0.2, 0.25) is 0 Å². The lowest BCUT2D eigenvalue weighted by molar-refractivity contribution is 0.584. The second kappa shape index (κ2) is 5.78. The molecule has 4 nitrogen and oxygen atoms in total. The van der Waals surface area contributed by atoms with Crippen LogP contribution in [-0.2, 0) is 13.1 Å². The van der Waals surface area contributed by atoms with Crippen molar-refractivity contribution >= 4 is 0 Å². The summed E-state index contributed by atoms with van der Waals surface area (Å²) in [4.78, 5) is 0. The van der Waals surface area contributed by atoms with Crippen LogP contribution >= 0.6 is 0 Å². The van der Waals surface area contributed by atoms with Crippen LogP contribution in [0.4, 0.5) is 0 Å². The van der Waals surface area contributed by atoms with Gasteiger partial charge in [0, 0.05) is 18.7 Å². The van der Waals surface area contributed by atoms with Crippen molar-refractivity contribution in [3.8, 4) is 11.3 Å². The highest BCUT2D eigenvalue weighted by atomic mass is 15.4. The second-order valence-corrected chi connectivity index (χ2v) is 4.52. The number of hydrogen-bond donors (Lipinski definition) is 1. The Labute approximate surface area is 108 Å². The summed E-state index contributed by atoms with van der Waals surface area (Å²) in [5, 5.41) is 11.4. The van der Waals surface area contributed by atoms with E-state index in [9.17, 15) is 0 Å². The summed E-state index contributed by atoms with van der Waals surface area (Å²) in [6.45, 7) is 6.06. The highest BCUT2D eigenvalue weighted by molar-refractivity contribution is 5.63. The third-order valence-electron chi connectivity index (χ3n) is 3.01. The predicted molar refractivity (Wildman–Crippen MR) is 73.2 cm³/mol. The molecule has 0 saturated heterocycles. The summed E-state index contributed by atoms with van der Waals surface area (Å²) < 4.78 is 1.98. The third kappa shape index (κ3) is 2.59. The number of nitrogens with one attached hydrogen (secondary N) is 1. The Kier molecular flexibility index (Phi) is 4.10. The van der Waals surface area contributed by atoms with Crippen molar-refractivity contribution in [2.45, 2.75) is 33.4 Å². The molecule has 0 saturated carbocycles. The van der Waals surface area contributed by atoms with Gasteiger partial charge in [-0.2, -0.15) is 0 Å². The molecule has 1 aromatic heterocycles. The summed E-state index contributed by atoms with van der Waals surface area (Å²) in [5.74, 6) is 0. The van der Waals surface area contributed by atoms with Crippen LogP contribution in [-0.4, -0.2) is 22.0 Å². The summed E-state index contributed by atoms with van der Waals surface area (Å²) >= 11 is 0. The van der Waals surface area contributed by atoms with Gasteiger partial charge in [0.1, 0.15) is 0 Å². The van der Waals surface area contributed by atoms with E-state index in [1.165, 1.54) is 16.7 Å². The van der Waals surface area contributed by atoms with Crippen LogP contribution in [0, 0.1) is 6.92 Å². The Morgan fingerprint density at radius 1 is 1.33 bits per heavy atom. The van der Waals surface area contributed by atoms with Crippen molar-refractivity contribution in [1.82, 2.24) is 20.3 Å². The van der Waals surface area contributed by atoms with Crippen LogP contribution in [0.5, 0.6) is 0 Å². The molecule has 4 heteroatoms. The lowest BCUT2D eigenvalue weighted by Crippen LogP contribution is -2.06. The average molecular weight is 244 g/mol. The van der Waals surface area contributed by atoms with Crippen molar-refractivity contribution in [3.05, 3.63) is 35.5 Å². The number of hydrogen-bond acceptors (Lipinski definition) is 3. The van der Waals surface area contributed by atoms with Gasteiger partial charge in [0.15, 0.2) is 0 Å². The van der Waals surface area contributed by atoms with E-state index >= 15 is 0 Å². The molecule has 2 aromatic rings. The second-order valence-electron chi connectivity index (χ2n) is 4.52. The number of aromatic nitrogens is 3. The van der Waals surface area contributed by atoms with E-state index in [1.807, 2.05) is 17.9 Å². The zero-order valence-corrected chi connectivity index (χ0v) is 11.3. The van der Waals surface area contributed by atoms with E-state index in [0.29, 0.717) is 0 Å². The quantitative estimate of drug-likeness (QED) is 0.878. The molecule has 0 unspecified atom stereocenters. The Balaban J connectivity index is 2.42. The summed E-state index contributed by atoms with van der Waals surface area (Å²) in [7, 11) is 1.96. The Morgan fingerprint density at radius 2 is 2.17 bits per heavy atom. The molecule has 0 fully saturated rings. The molecule has 1 heterocycles. The molecular weight excluding hydrogens is 224 g/mol. The maximum absolute atomic E-state index is 4.15. The van der Waals surface area contributed by atoms with Gasteiger partial charge in [-0.3, -0.25) is 0 Å². The third-order valence-corrected chi connectivity index (χ3v) is 3.01. The van der Waals surface area contributed by atoms with E-state index in [-0.39, 0.29) is 0 Å². The Morgan fingerprint density at radius 3 is 2.89 bits per heavy atom. The van der Waals surface area contributed by atoms with Crippen molar-refractivity contribution in [2.75, 3.05) is 7.05 Å². The highest BCUT2D eigenvalue weighted by Gasteiger charge is 2.09. The molecule has 96 valence electrons. The lowest BCUT2D eigenvalue weighted by Gasteiger charge is -2.10. The molecule has 0 atom stereocenters. The van der Waals surface area contributed by atoms with E-state index < -0.39 is 0 Å². The van der Waals surface area contributed by atoms with Crippen LogP contribution in [0.25, 0.3) is 11.3 Å². The molecular formula is C14H20N4. The molecule has 1 N–H and O–H groups in total. The van der Waals surface area contributed by atoms with Gasteiger partial charge in [0.2, 0.25) is 0 Å². The Bertz CT molecular complexity index is 516. The minimum atomic E-state index is 0.878. The zero-order chi connectivity index (χ0) is 13.0. The van der Waals surface area contributed by atoms with Gasteiger partial charge < -0.3 is 5.32 Å². The highest BCUT2D eigenvalue weighted by Crippen LogP contribution is 2.24. The van der Waals surface area contributed by atoms with Gasteiger partial charge in [-0.25, -0.2) is 4.68 Å². The van der Waals surface area contributed by atoms with E-state index in [0.717, 1.165) is 25.2 Å². The maximum atomic E-state index is 4.15. The first-order valence-corrected chi connectivity index (χ1v) is 6.39. The monoisotopic (exact) mass is 244 g/mol. The van der Waals surface area contributed by atoms with Crippen LogP contribution in [0.1, 0.15) is 24.5 Å². The molecule has 0 aliphatic rings. The van der Waals surface area contributed by atoms with Crippen molar-refractivity contribution < 1.29 is 0 Å². The van der Waals surface area contributed by atoms with E-state index in [4.69, 9.17) is 0 Å². The molecule has 0 radical (unpaired) electrons. The summed E-state index contributed by atoms with van der Waals surface area (Å²) in [6.07, 6.45) is 2.91. The van der Waals surface area contributed by atoms with E-state index in [1.54, 1.807) is 0 Å². The molecule has 0 amide bonds. The van der Waals surface area contributed by atoms with Crippen LogP contribution in [0.3, 0.4) is 0 Å². The zero-order valence-electron chi connectivity index (χ0n) is 11.3. The largest absolute Gasteiger partial charge is 0.316 e. The fourth-order valence-corrected chi connectivity index (χ4v) is 2.10.